The van der Waals surface area contributed by atoms with E-state index in [4.69, 9.17) is 9.52 Å². The number of carboxylic acids is 1. The lowest BCUT2D eigenvalue weighted by Gasteiger charge is -2.01. The monoisotopic (exact) mass is 385 g/mol. The van der Waals surface area contributed by atoms with Crippen LogP contribution in [-0.4, -0.2) is 17.3 Å². The summed E-state index contributed by atoms with van der Waals surface area (Å²) in [5, 5.41) is 8.88. The summed E-state index contributed by atoms with van der Waals surface area (Å²) in [6.07, 6.45) is 1.58. The van der Waals surface area contributed by atoms with Gasteiger partial charge in [0.15, 0.2) is 4.67 Å². The van der Waals surface area contributed by atoms with Crippen molar-refractivity contribution in [1.29, 1.82) is 0 Å². The van der Waals surface area contributed by atoms with E-state index in [1.54, 1.807) is 24.4 Å². The van der Waals surface area contributed by atoms with Crippen LogP contribution in [-0.2, 0) is 0 Å². The van der Waals surface area contributed by atoms with Crippen molar-refractivity contribution in [1.82, 2.24) is 0 Å². The molecule has 0 spiro atoms. The van der Waals surface area contributed by atoms with Gasteiger partial charge in [-0.25, -0.2) is 4.79 Å². The van der Waals surface area contributed by atoms with Crippen molar-refractivity contribution in [3.63, 3.8) is 0 Å². The van der Waals surface area contributed by atoms with Crippen LogP contribution in [0.1, 0.15) is 21.7 Å². The van der Waals surface area contributed by atoms with Gasteiger partial charge < -0.3 is 9.52 Å². The Labute approximate surface area is 126 Å². The topological polar surface area (TPSA) is 62.8 Å². The lowest BCUT2D eigenvalue weighted by atomic mass is 10.1. The number of aromatic carboxylic acids is 1. The minimum Gasteiger partial charge on any atom is -0.478 e. The Bertz CT molecular complexity index is 642. The summed E-state index contributed by atoms with van der Waals surface area (Å²) < 4.78 is 6.78. The summed E-state index contributed by atoms with van der Waals surface area (Å²) in [5.74, 6) is -0.349. The van der Waals surface area contributed by atoms with E-state index in [9.17, 15) is 4.79 Å². The Morgan fingerprint density at radius 1 is 1.37 bits per heavy atom. The fourth-order valence-corrected chi connectivity index (χ4v) is 2.10. The second-order valence-corrected chi connectivity index (χ2v) is 5.41. The molecule has 0 bridgehead atoms. The van der Waals surface area contributed by atoms with Gasteiger partial charge >= 0.3 is 5.97 Å². The molecule has 4 nitrogen and oxygen atoms in total. The van der Waals surface area contributed by atoms with Crippen LogP contribution in [0, 0.1) is 6.92 Å². The number of rotatable bonds is 3. The van der Waals surface area contributed by atoms with Crippen LogP contribution in [0.4, 0.5) is 5.69 Å². The van der Waals surface area contributed by atoms with Crippen molar-refractivity contribution >= 4 is 49.7 Å². The van der Waals surface area contributed by atoms with Crippen molar-refractivity contribution < 1.29 is 14.3 Å². The number of aliphatic imine (C=N–C) groups is 1. The molecule has 0 aliphatic rings. The van der Waals surface area contributed by atoms with Gasteiger partial charge in [0.25, 0.3) is 0 Å². The van der Waals surface area contributed by atoms with Gasteiger partial charge in [-0.3, -0.25) is 4.99 Å². The van der Waals surface area contributed by atoms with Crippen LogP contribution >= 0.6 is 31.9 Å². The quantitative estimate of drug-likeness (QED) is 0.786. The maximum absolute atomic E-state index is 10.8. The van der Waals surface area contributed by atoms with Crippen LogP contribution in [0.25, 0.3) is 0 Å². The summed E-state index contributed by atoms with van der Waals surface area (Å²) >= 11 is 6.56. The molecule has 6 heteroatoms. The summed E-state index contributed by atoms with van der Waals surface area (Å²) in [6.45, 7) is 1.81. The number of aryl methyl sites for hydroxylation is 1. The van der Waals surface area contributed by atoms with Gasteiger partial charge in [0.2, 0.25) is 0 Å². The third-order valence-electron chi connectivity index (χ3n) is 2.44. The van der Waals surface area contributed by atoms with Crippen LogP contribution in [0.15, 0.2) is 42.8 Å². The first kappa shape index (κ1) is 14.0. The first-order chi connectivity index (χ1) is 8.97. The number of carboxylic acid groups (broad SMARTS) is 1. The fraction of sp³-hybridized carbons (Fsp3) is 0.0769. The molecule has 0 aliphatic heterocycles. The third-order valence-corrected chi connectivity index (χ3v) is 4.15. The molecule has 98 valence electrons. The largest absolute Gasteiger partial charge is 0.478 e. The normalized spacial score (nSPS) is 11.1. The molecule has 0 unspecified atom stereocenters. The average molecular weight is 387 g/mol. The highest BCUT2D eigenvalue weighted by Gasteiger charge is 2.06. The predicted molar refractivity (Wildman–Crippen MR) is 79.5 cm³/mol. The molecule has 0 radical (unpaired) electrons. The summed E-state index contributed by atoms with van der Waals surface area (Å²) in [6, 6.07) is 6.57. The number of hydrogen-bond donors (Lipinski definition) is 1. The summed E-state index contributed by atoms with van der Waals surface area (Å²) in [5.41, 5.74) is 1.74. The molecular formula is C13H9Br2NO3. The van der Waals surface area contributed by atoms with E-state index in [-0.39, 0.29) is 5.56 Å². The molecule has 0 amide bonds. The molecule has 0 atom stereocenters. The molecule has 0 saturated carbocycles. The number of benzene rings is 1. The van der Waals surface area contributed by atoms with Gasteiger partial charge in [0.1, 0.15) is 5.76 Å². The zero-order valence-electron chi connectivity index (χ0n) is 9.85. The van der Waals surface area contributed by atoms with Crippen molar-refractivity contribution in [2.45, 2.75) is 6.92 Å². The lowest BCUT2D eigenvalue weighted by Crippen LogP contribution is -1.95. The van der Waals surface area contributed by atoms with E-state index in [1.165, 1.54) is 6.07 Å². The zero-order valence-corrected chi connectivity index (χ0v) is 13.0. The number of carbonyl (C=O) groups is 1. The molecule has 19 heavy (non-hydrogen) atoms. The first-order valence-electron chi connectivity index (χ1n) is 5.30. The van der Waals surface area contributed by atoms with Gasteiger partial charge in [-0.2, -0.15) is 0 Å². The molecule has 1 heterocycles. The summed E-state index contributed by atoms with van der Waals surface area (Å²) in [4.78, 5) is 15.1. The standard InChI is InChI=1S/C13H9Br2NO3/c1-7-4-8(13(17)18)2-3-11(7)16-6-9-5-10(14)12(15)19-9/h2-6H,1H3,(H,17,18). The Morgan fingerprint density at radius 2 is 2.11 bits per heavy atom. The van der Waals surface area contributed by atoms with E-state index in [0.717, 1.165) is 10.0 Å². The first-order valence-corrected chi connectivity index (χ1v) is 6.89. The molecule has 1 aromatic heterocycles. The van der Waals surface area contributed by atoms with Gasteiger partial charge in [-0.15, -0.1) is 0 Å². The number of nitrogens with zero attached hydrogens (tertiary/aromatic N) is 1. The van der Waals surface area contributed by atoms with E-state index in [2.05, 4.69) is 36.9 Å². The minimum atomic E-state index is -0.947. The number of halogens is 2. The summed E-state index contributed by atoms with van der Waals surface area (Å²) in [7, 11) is 0. The van der Waals surface area contributed by atoms with Crippen molar-refractivity contribution in [2.24, 2.45) is 4.99 Å². The Morgan fingerprint density at radius 3 is 2.63 bits per heavy atom. The SMILES string of the molecule is Cc1cc(C(=O)O)ccc1N=Cc1cc(Br)c(Br)o1. The third kappa shape index (κ3) is 3.33. The van der Waals surface area contributed by atoms with E-state index >= 15 is 0 Å². The molecule has 1 N–H and O–H groups in total. The highest BCUT2D eigenvalue weighted by molar-refractivity contribution is 9.13. The molecule has 0 aliphatic carbocycles. The van der Waals surface area contributed by atoms with Crippen molar-refractivity contribution in [2.75, 3.05) is 0 Å². The maximum atomic E-state index is 10.8. The minimum absolute atomic E-state index is 0.250. The van der Waals surface area contributed by atoms with Crippen LogP contribution in [0.2, 0.25) is 0 Å². The lowest BCUT2D eigenvalue weighted by molar-refractivity contribution is 0.0697. The zero-order chi connectivity index (χ0) is 14.0. The number of hydrogen-bond acceptors (Lipinski definition) is 3. The van der Waals surface area contributed by atoms with E-state index in [1.807, 2.05) is 6.92 Å². The molecule has 0 saturated heterocycles. The smallest absolute Gasteiger partial charge is 0.335 e. The highest BCUT2D eigenvalue weighted by atomic mass is 79.9. The molecule has 0 fully saturated rings. The predicted octanol–water partition coefficient (Wildman–Crippen LogP) is 4.56. The Kier molecular flexibility index (Phi) is 4.21. The second kappa shape index (κ2) is 5.71. The Balaban J connectivity index is 2.26. The number of furan rings is 1. The van der Waals surface area contributed by atoms with Crippen molar-refractivity contribution in [3.8, 4) is 0 Å². The van der Waals surface area contributed by atoms with Gasteiger partial charge in [-0.05, 0) is 62.5 Å². The fourth-order valence-electron chi connectivity index (χ4n) is 1.49. The van der Waals surface area contributed by atoms with Crippen molar-refractivity contribution in [3.05, 3.63) is 50.3 Å². The van der Waals surface area contributed by atoms with Gasteiger partial charge in [0, 0.05) is 6.07 Å². The van der Waals surface area contributed by atoms with Crippen LogP contribution in [0.3, 0.4) is 0 Å². The molecule has 2 aromatic rings. The van der Waals surface area contributed by atoms with Crippen LogP contribution in [0.5, 0.6) is 0 Å². The molecular weight excluding hydrogens is 378 g/mol. The van der Waals surface area contributed by atoms with E-state index < -0.39 is 5.97 Å². The van der Waals surface area contributed by atoms with E-state index in [0.29, 0.717) is 16.1 Å². The maximum Gasteiger partial charge on any atom is 0.335 e. The highest BCUT2D eigenvalue weighted by Crippen LogP contribution is 2.26. The second-order valence-electron chi connectivity index (χ2n) is 3.84. The van der Waals surface area contributed by atoms with Gasteiger partial charge in [0.05, 0.1) is 21.9 Å². The molecule has 1 aromatic carbocycles. The van der Waals surface area contributed by atoms with Crippen LogP contribution < -0.4 is 0 Å². The van der Waals surface area contributed by atoms with Gasteiger partial charge in [-0.1, -0.05) is 0 Å². The average Bonchev–Trinajstić information content (AvgIpc) is 2.67. The Hall–Kier alpha value is -1.40. The molecule has 2 rings (SSSR count).